The van der Waals surface area contributed by atoms with Crippen molar-refractivity contribution in [1.29, 1.82) is 0 Å². The standard InChI is InChI=1S/C6H12O5S.Ca/c1-2-3-6(7)11-4-5-12(8,9)10;/h2-5H2,1H3,(H,8,9,10);. The molecule has 74 valence electrons. The van der Waals surface area contributed by atoms with E-state index < -0.39 is 21.8 Å². The van der Waals surface area contributed by atoms with Gasteiger partial charge in [0.15, 0.2) is 0 Å². The van der Waals surface area contributed by atoms with Crippen LogP contribution in [-0.4, -0.2) is 69.0 Å². The third-order valence-electron chi connectivity index (χ3n) is 1.06. The predicted molar refractivity (Wildman–Crippen MR) is 48.0 cm³/mol. The van der Waals surface area contributed by atoms with E-state index in [1.165, 1.54) is 0 Å². The molecule has 1 N–H and O–H groups in total. The van der Waals surface area contributed by atoms with Gasteiger partial charge < -0.3 is 4.74 Å². The monoisotopic (exact) mass is 236 g/mol. The Balaban J connectivity index is 0. The third kappa shape index (κ3) is 12.6. The van der Waals surface area contributed by atoms with Crippen LogP contribution >= 0.6 is 0 Å². The maximum absolute atomic E-state index is 10.6. The van der Waals surface area contributed by atoms with Crippen molar-refractivity contribution in [2.45, 2.75) is 19.8 Å². The number of carbonyl (C=O) groups is 1. The maximum atomic E-state index is 10.6. The zero-order valence-corrected chi connectivity index (χ0v) is 10.5. The third-order valence-corrected chi connectivity index (χ3v) is 1.74. The second-order valence-electron chi connectivity index (χ2n) is 2.26. The Bertz CT molecular complexity index is 235. The van der Waals surface area contributed by atoms with Gasteiger partial charge in [-0.1, -0.05) is 6.92 Å². The normalized spacial score (nSPS) is 10.3. The van der Waals surface area contributed by atoms with E-state index >= 15 is 0 Å². The maximum Gasteiger partial charge on any atom is 0.305 e. The molecule has 0 aromatic heterocycles. The second-order valence-corrected chi connectivity index (χ2v) is 3.83. The summed E-state index contributed by atoms with van der Waals surface area (Å²) in [4.78, 5) is 10.6. The van der Waals surface area contributed by atoms with Crippen molar-refractivity contribution in [3.05, 3.63) is 0 Å². The molecule has 13 heavy (non-hydrogen) atoms. The largest absolute Gasteiger partial charge is 0.464 e. The van der Waals surface area contributed by atoms with E-state index in [2.05, 4.69) is 4.74 Å². The van der Waals surface area contributed by atoms with E-state index in [9.17, 15) is 13.2 Å². The van der Waals surface area contributed by atoms with Crippen molar-refractivity contribution in [1.82, 2.24) is 0 Å². The van der Waals surface area contributed by atoms with E-state index in [0.29, 0.717) is 6.42 Å². The molecule has 0 spiro atoms. The smallest absolute Gasteiger partial charge is 0.305 e. The Morgan fingerprint density at radius 3 is 2.38 bits per heavy atom. The minimum absolute atomic E-state index is 0. The molecule has 2 radical (unpaired) electrons. The Morgan fingerprint density at radius 2 is 2.00 bits per heavy atom. The minimum atomic E-state index is -4.01. The van der Waals surface area contributed by atoms with Gasteiger partial charge in [-0.15, -0.1) is 0 Å². The molecule has 0 saturated heterocycles. The number of ether oxygens (including phenoxy) is 1. The first-order valence-electron chi connectivity index (χ1n) is 3.56. The van der Waals surface area contributed by atoms with Crippen molar-refractivity contribution >= 4 is 53.8 Å². The van der Waals surface area contributed by atoms with E-state index in [1.54, 1.807) is 0 Å². The first-order valence-corrected chi connectivity index (χ1v) is 5.17. The van der Waals surface area contributed by atoms with Crippen LogP contribution in [0.5, 0.6) is 0 Å². The molecule has 0 aliphatic carbocycles. The van der Waals surface area contributed by atoms with E-state index in [4.69, 9.17) is 4.55 Å². The van der Waals surface area contributed by atoms with E-state index in [0.717, 1.165) is 0 Å². The summed E-state index contributed by atoms with van der Waals surface area (Å²) in [6, 6.07) is 0. The fourth-order valence-corrected chi connectivity index (χ4v) is 0.831. The molecule has 7 heteroatoms. The first kappa shape index (κ1) is 16.1. The molecule has 0 aliphatic heterocycles. The van der Waals surface area contributed by atoms with Gasteiger partial charge >= 0.3 is 5.97 Å². The Morgan fingerprint density at radius 1 is 1.46 bits per heavy atom. The number of hydrogen-bond acceptors (Lipinski definition) is 4. The molecule has 0 rings (SSSR count). The summed E-state index contributed by atoms with van der Waals surface area (Å²) in [5.41, 5.74) is 0. The van der Waals surface area contributed by atoms with Gasteiger partial charge in [0.1, 0.15) is 12.4 Å². The van der Waals surface area contributed by atoms with Crippen LogP contribution in [0.4, 0.5) is 0 Å². The summed E-state index contributed by atoms with van der Waals surface area (Å²) < 4.78 is 33.0. The van der Waals surface area contributed by atoms with Crippen LogP contribution in [0.2, 0.25) is 0 Å². The van der Waals surface area contributed by atoms with Crippen LogP contribution in [-0.2, 0) is 19.6 Å². The zero-order valence-electron chi connectivity index (χ0n) is 7.52. The number of rotatable bonds is 5. The van der Waals surface area contributed by atoms with Gasteiger partial charge in [0.2, 0.25) is 0 Å². The average Bonchev–Trinajstić information content (AvgIpc) is 1.84. The molecule has 0 bridgehead atoms. The second kappa shape index (κ2) is 7.99. The van der Waals surface area contributed by atoms with Crippen molar-refractivity contribution in [3.63, 3.8) is 0 Å². The minimum Gasteiger partial charge on any atom is -0.464 e. The van der Waals surface area contributed by atoms with Crippen molar-refractivity contribution in [2.24, 2.45) is 0 Å². The molecule has 5 nitrogen and oxygen atoms in total. The van der Waals surface area contributed by atoms with Crippen LogP contribution in [0, 0.1) is 0 Å². The molecule has 0 saturated carbocycles. The first-order chi connectivity index (χ1) is 5.45. The molecule has 0 aromatic carbocycles. The van der Waals surface area contributed by atoms with Gasteiger partial charge in [-0.05, 0) is 6.42 Å². The molecular formula is C6H12CaO5S. The predicted octanol–water partition coefficient (Wildman–Crippen LogP) is -0.163. The summed E-state index contributed by atoms with van der Waals surface area (Å²) in [6.07, 6.45) is 0.927. The van der Waals surface area contributed by atoms with Crippen LogP contribution in [0.15, 0.2) is 0 Å². The van der Waals surface area contributed by atoms with Gasteiger partial charge in [-0.3, -0.25) is 9.35 Å². The summed E-state index contributed by atoms with van der Waals surface area (Å²) in [7, 11) is -4.01. The van der Waals surface area contributed by atoms with Crippen molar-refractivity contribution in [2.75, 3.05) is 12.4 Å². The Labute approximate surface area is 108 Å². The van der Waals surface area contributed by atoms with Gasteiger partial charge in [0.05, 0.1) is 0 Å². The van der Waals surface area contributed by atoms with Gasteiger partial charge in [0.25, 0.3) is 10.1 Å². The SMILES string of the molecule is CCCC(=O)OCCS(=O)(=O)O.[Ca]. The molecule has 0 fully saturated rings. The Kier molecular flexibility index (Phi) is 9.89. The summed E-state index contributed by atoms with van der Waals surface area (Å²) in [5.74, 6) is -0.983. The molecule has 0 unspecified atom stereocenters. The van der Waals surface area contributed by atoms with Crippen molar-refractivity contribution in [3.8, 4) is 0 Å². The fourth-order valence-electron chi connectivity index (χ4n) is 0.537. The molecule has 0 aromatic rings. The Hall–Kier alpha value is 0.640. The number of hydrogen-bond donors (Lipinski definition) is 1. The molecule has 0 amide bonds. The van der Waals surface area contributed by atoms with Crippen LogP contribution < -0.4 is 0 Å². The molecular weight excluding hydrogens is 224 g/mol. The van der Waals surface area contributed by atoms with Crippen LogP contribution in [0.1, 0.15) is 19.8 Å². The number of carbonyl (C=O) groups excluding carboxylic acids is 1. The van der Waals surface area contributed by atoms with E-state index in [-0.39, 0.29) is 50.8 Å². The van der Waals surface area contributed by atoms with Gasteiger partial charge in [-0.25, -0.2) is 0 Å². The fraction of sp³-hybridized carbons (Fsp3) is 0.833. The van der Waals surface area contributed by atoms with Crippen LogP contribution in [0.3, 0.4) is 0 Å². The zero-order chi connectivity index (χ0) is 9.61. The van der Waals surface area contributed by atoms with E-state index in [1.807, 2.05) is 6.92 Å². The summed E-state index contributed by atoms with van der Waals surface area (Å²) >= 11 is 0. The summed E-state index contributed by atoms with van der Waals surface area (Å²) in [5, 5.41) is 0. The molecule has 0 heterocycles. The van der Waals surface area contributed by atoms with Crippen LogP contribution in [0.25, 0.3) is 0 Å². The topological polar surface area (TPSA) is 80.7 Å². The quantitative estimate of drug-likeness (QED) is 0.407. The summed E-state index contributed by atoms with van der Waals surface area (Å²) in [6.45, 7) is 1.53. The molecule has 0 atom stereocenters. The number of esters is 1. The molecule has 0 aliphatic rings. The van der Waals surface area contributed by atoms with Gasteiger partial charge in [-0.2, -0.15) is 8.42 Å². The van der Waals surface area contributed by atoms with Crippen molar-refractivity contribution < 1.29 is 22.5 Å². The average molecular weight is 236 g/mol. The van der Waals surface area contributed by atoms with Gasteiger partial charge in [0, 0.05) is 44.2 Å².